The summed E-state index contributed by atoms with van der Waals surface area (Å²) < 4.78 is 36.9. The van der Waals surface area contributed by atoms with Crippen LogP contribution in [0.3, 0.4) is 0 Å². The Kier molecular flexibility index (Phi) is 4.88. The van der Waals surface area contributed by atoms with Gasteiger partial charge in [0.1, 0.15) is 11.6 Å². The third kappa shape index (κ3) is 4.05. The SMILES string of the molecule is Cn1ccnc1CN1CCOC(c2cccc(OC(F)F)c2)C1. The molecule has 0 saturated carbocycles. The summed E-state index contributed by atoms with van der Waals surface area (Å²) in [6.07, 6.45) is 3.53. The Morgan fingerprint density at radius 3 is 3.04 bits per heavy atom. The molecule has 0 amide bonds. The summed E-state index contributed by atoms with van der Waals surface area (Å²) in [7, 11) is 1.96. The quantitative estimate of drug-likeness (QED) is 0.848. The van der Waals surface area contributed by atoms with Gasteiger partial charge in [-0.1, -0.05) is 12.1 Å². The maximum atomic E-state index is 12.3. The molecule has 0 bridgehead atoms. The van der Waals surface area contributed by atoms with E-state index in [9.17, 15) is 8.78 Å². The smallest absolute Gasteiger partial charge is 0.387 e. The third-order valence-corrected chi connectivity index (χ3v) is 3.89. The van der Waals surface area contributed by atoms with Crippen molar-refractivity contribution in [1.29, 1.82) is 0 Å². The molecule has 23 heavy (non-hydrogen) atoms. The highest BCUT2D eigenvalue weighted by Gasteiger charge is 2.23. The number of aryl methyl sites for hydroxylation is 1. The molecular formula is C16H19F2N3O2. The Balaban J connectivity index is 1.67. The topological polar surface area (TPSA) is 39.5 Å². The summed E-state index contributed by atoms with van der Waals surface area (Å²) in [5.74, 6) is 1.14. The Morgan fingerprint density at radius 2 is 2.30 bits per heavy atom. The van der Waals surface area contributed by atoms with E-state index >= 15 is 0 Å². The molecular weight excluding hydrogens is 304 g/mol. The Morgan fingerprint density at radius 1 is 1.43 bits per heavy atom. The second kappa shape index (κ2) is 7.06. The van der Waals surface area contributed by atoms with Gasteiger partial charge in [0, 0.05) is 32.5 Å². The molecule has 1 saturated heterocycles. The fraction of sp³-hybridized carbons (Fsp3) is 0.438. The van der Waals surface area contributed by atoms with E-state index < -0.39 is 6.61 Å². The van der Waals surface area contributed by atoms with Crippen molar-refractivity contribution in [2.75, 3.05) is 19.7 Å². The number of rotatable bonds is 5. The first-order valence-electron chi connectivity index (χ1n) is 7.47. The number of halogens is 2. The molecule has 2 aromatic rings. The van der Waals surface area contributed by atoms with E-state index in [1.807, 2.05) is 23.9 Å². The Labute approximate surface area is 133 Å². The van der Waals surface area contributed by atoms with Gasteiger partial charge in [-0.2, -0.15) is 8.78 Å². The number of alkyl halides is 2. The highest BCUT2D eigenvalue weighted by Crippen LogP contribution is 2.26. The lowest BCUT2D eigenvalue weighted by molar-refractivity contribution is -0.0509. The summed E-state index contributed by atoms with van der Waals surface area (Å²) >= 11 is 0. The normalized spacial score (nSPS) is 19.2. The van der Waals surface area contributed by atoms with Gasteiger partial charge in [-0.25, -0.2) is 4.98 Å². The molecule has 124 valence electrons. The molecule has 1 aliphatic rings. The first kappa shape index (κ1) is 15.9. The van der Waals surface area contributed by atoms with Gasteiger partial charge < -0.3 is 14.0 Å². The average Bonchev–Trinajstić information content (AvgIpc) is 2.92. The Hall–Kier alpha value is -1.99. The second-order valence-electron chi connectivity index (χ2n) is 5.50. The highest BCUT2D eigenvalue weighted by molar-refractivity contribution is 5.30. The summed E-state index contributed by atoms with van der Waals surface area (Å²) in [6, 6.07) is 6.70. The lowest BCUT2D eigenvalue weighted by Crippen LogP contribution is -2.38. The van der Waals surface area contributed by atoms with E-state index in [0.29, 0.717) is 13.2 Å². The van der Waals surface area contributed by atoms with E-state index in [-0.39, 0.29) is 11.9 Å². The minimum Gasteiger partial charge on any atom is -0.435 e. The number of hydrogen-bond acceptors (Lipinski definition) is 4. The molecule has 3 rings (SSSR count). The molecule has 5 nitrogen and oxygen atoms in total. The molecule has 1 atom stereocenters. The van der Waals surface area contributed by atoms with Crippen molar-refractivity contribution in [2.24, 2.45) is 7.05 Å². The van der Waals surface area contributed by atoms with Crippen molar-refractivity contribution in [2.45, 2.75) is 19.3 Å². The number of morpholine rings is 1. The maximum Gasteiger partial charge on any atom is 0.387 e. The van der Waals surface area contributed by atoms with Crippen LogP contribution >= 0.6 is 0 Å². The standard InChI is InChI=1S/C16H19F2N3O2/c1-20-6-5-19-15(20)11-21-7-8-22-14(10-21)12-3-2-4-13(9-12)23-16(17)18/h2-6,9,14,16H,7-8,10-11H2,1H3. The molecule has 1 unspecified atom stereocenters. The molecule has 1 aliphatic heterocycles. The van der Waals surface area contributed by atoms with Crippen LogP contribution in [0.1, 0.15) is 17.5 Å². The van der Waals surface area contributed by atoms with Crippen molar-refractivity contribution in [3.8, 4) is 5.75 Å². The second-order valence-corrected chi connectivity index (χ2v) is 5.50. The minimum absolute atomic E-state index is 0.155. The first-order chi connectivity index (χ1) is 11.1. The molecule has 0 spiro atoms. The van der Waals surface area contributed by atoms with E-state index in [1.54, 1.807) is 18.3 Å². The van der Waals surface area contributed by atoms with E-state index in [2.05, 4.69) is 14.6 Å². The van der Waals surface area contributed by atoms with Crippen LogP contribution in [-0.2, 0) is 18.3 Å². The van der Waals surface area contributed by atoms with Gasteiger partial charge >= 0.3 is 6.61 Å². The zero-order chi connectivity index (χ0) is 16.2. The summed E-state index contributed by atoms with van der Waals surface area (Å²) in [6.45, 7) is 0.00475. The molecule has 1 aromatic heterocycles. The Bertz CT molecular complexity index is 648. The molecule has 1 fully saturated rings. The fourth-order valence-electron chi connectivity index (χ4n) is 2.69. The van der Waals surface area contributed by atoms with Crippen LogP contribution in [0.4, 0.5) is 8.78 Å². The zero-order valence-corrected chi connectivity index (χ0v) is 12.9. The van der Waals surface area contributed by atoms with Crippen LogP contribution in [0.2, 0.25) is 0 Å². The van der Waals surface area contributed by atoms with E-state index in [0.717, 1.165) is 24.5 Å². The van der Waals surface area contributed by atoms with Crippen molar-refractivity contribution in [3.63, 3.8) is 0 Å². The van der Waals surface area contributed by atoms with Crippen LogP contribution in [0.25, 0.3) is 0 Å². The monoisotopic (exact) mass is 323 g/mol. The number of aromatic nitrogens is 2. The van der Waals surface area contributed by atoms with Crippen LogP contribution in [0, 0.1) is 0 Å². The van der Waals surface area contributed by atoms with Crippen LogP contribution in [0.5, 0.6) is 5.75 Å². The number of benzene rings is 1. The molecule has 0 N–H and O–H groups in total. The average molecular weight is 323 g/mol. The lowest BCUT2D eigenvalue weighted by atomic mass is 10.1. The number of nitrogens with zero attached hydrogens (tertiary/aromatic N) is 3. The lowest BCUT2D eigenvalue weighted by Gasteiger charge is -2.33. The summed E-state index contributed by atoms with van der Waals surface area (Å²) in [5, 5.41) is 0. The summed E-state index contributed by atoms with van der Waals surface area (Å²) in [4.78, 5) is 6.58. The van der Waals surface area contributed by atoms with Crippen LogP contribution < -0.4 is 4.74 Å². The van der Waals surface area contributed by atoms with Gasteiger partial charge in [0.2, 0.25) is 0 Å². The fourth-order valence-corrected chi connectivity index (χ4v) is 2.69. The van der Waals surface area contributed by atoms with E-state index in [1.165, 1.54) is 6.07 Å². The van der Waals surface area contributed by atoms with Crippen LogP contribution in [-0.4, -0.2) is 40.8 Å². The maximum absolute atomic E-state index is 12.3. The van der Waals surface area contributed by atoms with Gasteiger partial charge in [0.15, 0.2) is 0 Å². The summed E-state index contributed by atoms with van der Waals surface area (Å²) in [5.41, 5.74) is 0.840. The van der Waals surface area contributed by atoms with Crippen molar-refractivity contribution in [1.82, 2.24) is 14.5 Å². The molecule has 7 heteroatoms. The third-order valence-electron chi connectivity index (χ3n) is 3.89. The van der Waals surface area contributed by atoms with E-state index in [4.69, 9.17) is 4.74 Å². The van der Waals surface area contributed by atoms with Crippen molar-refractivity contribution < 1.29 is 18.3 Å². The number of ether oxygens (including phenoxy) is 2. The van der Waals surface area contributed by atoms with Gasteiger partial charge in [0.05, 0.1) is 19.3 Å². The first-order valence-corrected chi connectivity index (χ1v) is 7.47. The molecule has 0 radical (unpaired) electrons. The highest BCUT2D eigenvalue weighted by atomic mass is 19.3. The molecule has 1 aromatic carbocycles. The predicted octanol–water partition coefficient (Wildman–Crippen LogP) is 2.60. The minimum atomic E-state index is -2.82. The largest absolute Gasteiger partial charge is 0.435 e. The van der Waals surface area contributed by atoms with Gasteiger partial charge in [-0.05, 0) is 17.7 Å². The molecule has 2 heterocycles. The predicted molar refractivity (Wildman–Crippen MR) is 80.3 cm³/mol. The molecule has 0 aliphatic carbocycles. The van der Waals surface area contributed by atoms with Gasteiger partial charge in [-0.15, -0.1) is 0 Å². The number of imidazole rings is 1. The van der Waals surface area contributed by atoms with Gasteiger partial charge in [0.25, 0.3) is 0 Å². The van der Waals surface area contributed by atoms with Crippen molar-refractivity contribution >= 4 is 0 Å². The zero-order valence-electron chi connectivity index (χ0n) is 12.9. The van der Waals surface area contributed by atoms with Gasteiger partial charge in [-0.3, -0.25) is 4.90 Å². The van der Waals surface area contributed by atoms with Crippen LogP contribution in [0.15, 0.2) is 36.7 Å². The van der Waals surface area contributed by atoms with Crippen molar-refractivity contribution in [3.05, 3.63) is 48.0 Å². The number of hydrogen-bond donors (Lipinski definition) is 0.